The van der Waals surface area contributed by atoms with Crippen molar-refractivity contribution in [2.45, 2.75) is 37.2 Å². The van der Waals surface area contributed by atoms with Gasteiger partial charge in [-0.1, -0.05) is 41.9 Å². The molecule has 26 heavy (non-hydrogen) atoms. The smallest absolute Gasteiger partial charge is 0.255 e. The van der Waals surface area contributed by atoms with Crippen LogP contribution in [0.5, 0.6) is 0 Å². The number of benzene rings is 2. The Hall–Kier alpha value is -1.85. The molecule has 1 unspecified atom stereocenters. The van der Waals surface area contributed by atoms with Gasteiger partial charge < -0.3 is 4.90 Å². The lowest BCUT2D eigenvalue weighted by atomic mass is 10.1. The molecule has 1 atom stereocenters. The summed E-state index contributed by atoms with van der Waals surface area (Å²) >= 11 is 6.25. The van der Waals surface area contributed by atoms with Crippen LogP contribution in [0.4, 0.5) is 0 Å². The highest BCUT2D eigenvalue weighted by atomic mass is 35.5. The number of carbonyl (C=O) groups is 1. The van der Waals surface area contributed by atoms with Crippen molar-refractivity contribution >= 4 is 27.3 Å². The standard InChI is InChI=1S/C20H22ClNO3S/c1-14(16-8-9-16)22(13-15-6-4-3-5-7-15)20(23)18-12-17(26(2,24)25)10-11-19(18)21/h3-7,10-12,14,16H,8-9,13H2,1-2H3. The van der Waals surface area contributed by atoms with E-state index in [-0.39, 0.29) is 27.4 Å². The Kier molecular flexibility index (Phi) is 5.39. The third-order valence-corrected chi connectivity index (χ3v) is 6.29. The van der Waals surface area contributed by atoms with Crippen LogP contribution in [0.3, 0.4) is 0 Å². The number of hydrogen-bond acceptors (Lipinski definition) is 3. The molecule has 3 rings (SSSR count). The van der Waals surface area contributed by atoms with E-state index in [4.69, 9.17) is 11.6 Å². The Bertz CT molecular complexity index is 908. The Morgan fingerprint density at radius 2 is 1.85 bits per heavy atom. The fourth-order valence-electron chi connectivity index (χ4n) is 3.07. The third-order valence-electron chi connectivity index (χ3n) is 4.85. The maximum Gasteiger partial charge on any atom is 0.255 e. The first-order valence-corrected chi connectivity index (χ1v) is 10.9. The summed E-state index contributed by atoms with van der Waals surface area (Å²) in [5.74, 6) is 0.253. The molecular weight excluding hydrogens is 370 g/mol. The molecule has 1 fully saturated rings. The molecule has 0 saturated heterocycles. The SMILES string of the molecule is CC(C1CC1)N(Cc1ccccc1)C(=O)c1cc(S(C)(=O)=O)ccc1Cl. The van der Waals surface area contributed by atoms with Gasteiger partial charge in [0.05, 0.1) is 15.5 Å². The molecule has 0 spiro atoms. The van der Waals surface area contributed by atoms with Crippen LogP contribution in [0.15, 0.2) is 53.4 Å². The lowest BCUT2D eigenvalue weighted by Crippen LogP contribution is -2.39. The molecule has 0 radical (unpaired) electrons. The lowest BCUT2D eigenvalue weighted by Gasteiger charge is -2.30. The molecular formula is C20H22ClNO3S. The minimum Gasteiger partial charge on any atom is -0.331 e. The van der Waals surface area contributed by atoms with E-state index in [0.29, 0.717) is 12.5 Å². The molecule has 2 aromatic rings. The highest BCUT2D eigenvalue weighted by Gasteiger charge is 2.35. The molecule has 0 aliphatic heterocycles. The van der Waals surface area contributed by atoms with Crippen molar-refractivity contribution in [3.8, 4) is 0 Å². The summed E-state index contributed by atoms with van der Waals surface area (Å²) in [5.41, 5.74) is 1.27. The van der Waals surface area contributed by atoms with Gasteiger partial charge in [0.15, 0.2) is 9.84 Å². The molecule has 1 amide bonds. The Labute approximate surface area is 159 Å². The predicted octanol–water partition coefficient (Wildman–Crippen LogP) is 4.18. The van der Waals surface area contributed by atoms with Crippen molar-refractivity contribution in [3.63, 3.8) is 0 Å². The second kappa shape index (κ2) is 7.41. The molecule has 138 valence electrons. The third kappa shape index (κ3) is 4.27. The number of nitrogens with zero attached hydrogens (tertiary/aromatic N) is 1. The van der Waals surface area contributed by atoms with Crippen LogP contribution in [0.1, 0.15) is 35.7 Å². The summed E-state index contributed by atoms with van der Waals surface area (Å²) in [4.78, 5) is 15.2. The number of carbonyl (C=O) groups excluding carboxylic acids is 1. The fraction of sp³-hybridized carbons (Fsp3) is 0.350. The number of sulfone groups is 1. The Morgan fingerprint density at radius 1 is 1.19 bits per heavy atom. The molecule has 1 aliphatic carbocycles. The summed E-state index contributed by atoms with van der Waals surface area (Å²) in [5, 5.41) is 0.267. The van der Waals surface area contributed by atoms with Gasteiger partial charge in [-0.3, -0.25) is 4.79 Å². The van der Waals surface area contributed by atoms with E-state index in [2.05, 4.69) is 0 Å². The van der Waals surface area contributed by atoms with Crippen LogP contribution >= 0.6 is 11.6 Å². The van der Waals surface area contributed by atoms with Gasteiger partial charge in [0.2, 0.25) is 0 Å². The molecule has 0 bridgehead atoms. The minimum atomic E-state index is -3.41. The van der Waals surface area contributed by atoms with Gasteiger partial charge in [0.25, 0.3) is 5.91 Å². The van der Waals surface area contributed by atoms with Gasteiger partial charge in [0, 0.05) is 18.8 Å². The predicted molar refractivity (Wildman–Crippen MR) is 103 cm³/mol. The Balaban J connectivity index is 1.97. The zero-order valence-electron chi connectivity index (χ0n) is 14.9. The van der Waals surface area contributed by atoms with E-state index in [1.807, 2.05) is 37.3 Å². The van der Waals surface area contributed by atoms with Gasteiger partial charge in [-0.15, -0.1) is 0 Å². The molecule has 1 aliphatic rings. The van der Waals surface area contributed by atoms with E-state index in [1.165, 1.54) is 18.2 Å². The molecule has 2 aromatic carbocycles. The van der Waals surface area contributed by atoms with Crippen molar-refractivity contribution in [2.24, 2.45) is 5.92 Å². The first-order chi connectivity index (χ1) is 12.3. The van der Waals surface area contributed by atoms with E-state index in [9.17, 15) is 13.2 Å². The summed E-state index contributed by atoms with van der Waals surface area (Å²) in [6.07, 6.45) is 3.34. The summed E-state index contributed by atoms with van der Waals surface area (Å²) < 4.78 is 23.7. The zero-order valence-corrected chi connectivity index (χ0v) is 16.4. The fourth-order valence-corrected chi connectivity index (χ4v) is 3.91. The normalized spacial score (nSPS) is 15.5. The molecule has 1 saturated carbocycles. The number of rotatable bonds is 6. The largest absolute Gasteiger partial charge is 0.331 e. The maximum absolute atomic E-state index is 13.3. The van der Waals surface area contributed by atoms with Crippen LogP contribution in [0.2, 0.25) is 5.02 Å². The van der Waals surface area contributed by atoms with Crippen LogP contribution < -0.4 is 0 Å². The average Bonchev–Trinajstić information content (AvgIpc) is 3.44. The van der Waals surface area contributed by atoms with Gasteiger partial charge in [-0.25, -0.2) is 8.42 Å². The van der Waals surface area contributed by atoms with Crippen LogP contribution in [-0.2, 0) is 16.4 Å². The minimum absolute atomic E-state index is 0.0701. The molecule has 4 nitrogen and oxygen atoms in total. The van der Waals surface area contributed by atoms with Crippen LogP contribution in [0, 0.1) is 5.92 Å². The van der Waals surface area contributed by atoms with E-state index < -0.39 is 9.84 Å². The van der Waals surface area contributed by atoms with Gasteiger partial charge in [0.1, 0.15) is 0 Å². The van der Waals surface area contributed by atoms with Crippen molar-refractivity contribution in [2.75, 3.05) is 6.26 Å². The molecule has 0 aromatic heterocycles. The van der Waals surface area contributed by atoms with E-state index >= 15 is 0 Å². The number of halogens is 1. The molecule has 0 N–H and O–H groups in total. The monoisotopic (exact) mass is 391 g/mol. The first kappa shape index (κ1) is 18.9. The topological polar surface area (TPSA) is 54.5 Å². The maximum atomic E-state index is 13.3. The van der Waals surface area contributed by atoms with Crippen molar-refractivity contribution in [1.29, 1.82) is 0 Å². The van der Waals surface area contributed by atoms with Gasteiger partial charge in [-0.05, 0) is 49.4 Å². The summed E-state index contributed by atoms with van der Waals surface area (Å²) in [6.45, 7) is 2.52. The quantitative estimate of drug-likeness (QED) is 0.742. The van der Waals surface area contributed by atoms with Crippen LogP contribution in [-0.4, -0.2) is 31.5 Å². The zero-order chi connectivity index (χ0) is 18.9. The highest BCUT2D eigenvalue weighted by Crippen LogP contribution is 2.36. The number of hydrogen-bond donors (Lipinski definition) is 0. The van der Waals surface area contributed by atoms with Crippen LogP contribution in [0.25, 0.3) is 0 Å². The summed E-state index contributed by atoms with van der Waals surface area (Å²) in [7, 11) is -3.41. The first-order valence-electron chi connectivity index (χ1n) is 8.62. The van der Waals surface area contributed by atoms with Gasteiger partial charge in [-0.2, -0.15) is 0 Å². The van der Waals surface area contributed by atoms with E-state index in [0.717, 1.165) is 24.7 Å². The second-order valence-corrected chi connectivity index (χ2v) is 9.33. The molecule has 0 heterocycles. The van der Waals surface area contributed by atoms with Crippen molar-refractivity contribution in [1.82, 2.24) is 4.90 Å². The average molecular weight is 392 g/mol. The molecule has 6 heteroatoms. The summed E-state index contributed by atoms with van der Waals surface area (Å²) in [6, 6.07) is 14.1. The van der Waals surface area contributed by atoms with Gasteiger partial charge >= 0.3 is 0 Å². The van der Waals surface area contributed by atoms with Crippen molar-refractivity contribution < 1.29 is 13.2 Å². The van der Waals surface area contributed by atoms with E-state index in [1.54, 1.807) is 4.90 Å². The Morgan fingerprint density at radius 3 is 2.42 bits per heavy atom. The van der Waals surface area contributed by atoms with Crippen molar-refractivity contribution in [3.05, 3.63) is 64.7 Å². The highest BCUT2D eigenvalue weighted by molar-refractivity contribution is 7.90. The number of amides is 1. The lowest BCUT2D eigenvalue weighted by molar-refractivity contribution is 0.0654. The second-order valence-electron chi connectivity index (χ2n) is 6.91.